The molecule has 3 N–H and O–H groups in total. The Morgan fingerprint density at radius 2 is 1.75 bits per heavy atom. The zero-order valence-electron chi connectivity index (χ0n) is 13.2. The Hall–Kier alpha value is -1.10. The predicted molar refractivity (Wildman–Crippen MR) is 80.1 cm³/mol. The molecule has 1 heterocycles. The highest BCUT2D eigenvalue weighted by atomic mass is 16.2. The van der Waals surface area contributed by atoms with Gasteiger partial charge in [-0.3, -0.25) is 9.59 Å². The van der Waals surface area contributed by atoms with E-state index in [2.05, 4.69) is 5.32 Å². The van der Waals surface area contributed by atoms with Crippen molar-refractivity contribution in [3.63, 3.8) is 0 Å². The average Bonchev–Trinajstić information content (AvgIpc) is 2.46. The van der Waals surface area contributed by atoms with Crippen molar-refractivity contribution in [2.24, 2.45) is 11.7 Å². The normalized spacial score (nSPS) is 17.4. The molecule has 116 valence electrons. The minimum atomic E-state index is -0.728. The van der Waals surface area contributed by atoms with Crippen LogP contribution in [0.5, 0.6) is 0 Å². The number of nitrogens with two attached hydrogens (primary N) is 1. The fourth-order valence-corrected chi connectivity index (χ4v) is 2.46. The number of hydrogen-bond donors (Lipinski definition) is 2. The number of carbonyl (C=O) groups is 2. The van der Waals surface area contributed by atoms with E-state index in [-0.39, 0.29) is 23.8 Å². The average molecular weight is 283 g/mol. The molecule has 1 aliphatic rings. The second-order valence-electron chi connectivity index (χ2n) is 6.09. The van der Waals surface area contributed by atoms with Crippen LogP contribution in [0, 0.1) is 5.92 Å². The van der Waals surface area contributed by atoms with Crippen LogP contribution in [-0.4, -0.2) is 41.4 Å². The van der Waals surface area contributed by atoms with E-state index < -0.39 is 5.54 Å². The van der Waals surface area contributed by atoms with Gasteiger partial charge in [0.15, 0.2) is 0 Å². The third-order valence-corrected chi connectivity index (χ3v) is 4.34. The van der Waals surface area contributed by atoms with Crippen molar-refractivity contribution >= 4 is 11.8 Å². The Kier molecular flexibility index (Phi) is 5.99. The molecule has 0 aromatic carbocycles. The molecule has 1 saturated heterocycles. The summed E-state index contributed by atoms with van der Waals surface area (Å²) in [7, 11) is 0. The van der Waals surface area contributed by atoms with Crippen LogP contribution >= 0.6 is 0 Å². The molecule has 0 bridgehead atoms. The lowest BCUT2D eigenvalue weighted by atomic mass is 9.91. The van der Waals surface area contributed by atoms with Crippen molar-refractivity contribution < 1.29 is 9.59 Å². The summed E-state index contributed by atoms with van der Waals surface area (Å²) in [6.45, 7) is 9.05. The number of carbonyl (C=O) groups excluding carboxylic acids is 2. The number of piperidine rings is 1. The second kappa shape index (κ2) is 7.07. The fourth-order valence-electron chi connectivity index (χ4n) is 2.46. The molecule has 0 aromatic heterocycles. The first-order valence-corrected chi connectivity index (χ1v) is 7.72. The molecular formula is C15H29N3O2. The Labute approximate surface area is 122 Å². The molecule has 5 heteroatoms. The standard InChI is InChI=1S/C15H29N3O2/c1-5-15(16,6-2)14(20)18-9-7-12(8-10-18)17-13(19)11(3)4/h11-12H,5-10,16H2,1-4H3,(H,17,19). The van der Waals surface area contributed by atoms with Crippen LogP contribution in [0.15, 0.2) is 0 Å². The molecule has 1 aliphatic heterocycles. The van der Waals surface area contributed by atoms with E-state index in [1.807, 2.05) is 32.6 Å². The number of nitrogens with one attached hydrogen (secondary N) is 1. The minimum Gasteiger partial charge on any atom is -0.353 e. The zero-order chi connectivity index (χ0) is 15.3. The highest BCUT2D eigenvalue weighted by molar-refractivity contribution is 5.86. The van der Waals surface area contributed by atoms with E-state index in [1.54, 1.807) is 0 Å². The van der Waals surface area contributed by atoms with Gasteiger partial charge in [-0.15, -0.1) is 0 Å². The summed E-state index contributed by atoms with van der Waals surface area (Å²) in [5, 5.41) is 3.04. The van der Waals surface area contributed by atoms with Gasteiger partial charge in [-0.2, -0.15) is 0 Å². The molecule has 1 fully saturated rings. The maximum atomic E-state index is 12.4. The van der Waals surface area contributed by atoms with Crippen LogP contribution in [0.4, 0.5) is 0 Å². The van der Waals surface area contributed by atoms with Crippen LogP contribution in [-0.2, 0) is 9.59 Å². The quantitative estimate of drug-likeness (QED) is 0.798. The van der Waals surface area contributed by atoms with Crippen molar-refractivity contribution in [3.8, 4) is 0 Å². The third-order valence-electron chi connectivity index (χ3n) is 4.34. The van der Waals surface area contributed by atoms with Gasteiger partial charge in [0.25, 0.3) is 0 Å². The fraction of sp³-hybridized carbons (Fsp3) is 0.867. The van der Waals surface area contributed by atoms with Crippen molar-refractivity contribution in [1.82, 2.24) is 10.2 Å². The molecule has 0 atom stereocenters. The van der Waals surface area contributed by atoms with Gasteiger partial charge in [-0.05, 0) is 25.7 Å². The summed E-state index contributed by atoms with van der Waals surface area (Å²) in [5.41, 5.74) is 5.44. The largest absolute Gasteiger partial charge is 0.353 e. The molecule has 0 unspecified atom stereocenters. The van der Waals surface area contributed by atoms with E-state index in [1.165, 1.54) is 0 Å². The van der Waals surface area contributed by atoms with Crippen molar-refractivity contribution in [2.45, 2.75) is 65.0 Å². The molecule has 0 aromatic rings. The van der Waals surface area contributed by atoms with E-state index in [4.69, 9.17) is 5.73 Å². The number of rotatable bonds is 5. The van der Waals surface area contributed by atoms with Crippen molar-refractivity contribution in [3.05, 3.63) is 0 Å². The van der Waals surface area contributed by atoms with Crippen LogP contribution in [0.1, 0.15) is 53.4 Å². The molecular weight excluding hydrogens is 254 g/mol. The first-order valence-electron chi connectivity index (χ1n) is 7.72. The first kappa shape index (κ1) is 17.0. The van der Waals surface area contributed by atoms with Gasteiger partial charge in [0.1, 0.15) is 0 Å². The predicted octanol–water partition coefficient (Wildman–Crippen LogP) is 1.27. The maximum absolute atomic E-state index is 12.4. The van der Waals surface area contributed by atoms with Gasteiger partial charge in [0.05, 0.1) is 5.54 Å². The summed E-state index contributed by atoms with van der Waals surface area (Å²) < 4.78 is 0. The summed E-state index contributed by atoms with van der Waals surface area (Å²) >= 11 is 0. The smallest absolute Gasteiger partial charge is 0.242 e. The Morgan fingerprint density at radius 1 is 1.25 bits per heavy atom. The third kappa shape index (κ3) is 3.95. The number of hydrogen-bond acceptors (Lipinski definition) is 3. The Morgan fingerprint density at radius 3 is 2.15 bits per heavy atom. The summed E-state index contributed by atoms with van der Waals surface area (Å²) in [6.07, 6.45) is 2.94. The van der Waals surface area contributed by atoms with Crippen LogP contribution < -0.4 is 11.1 Å². The van der Waals surface area contributed by atoms with Crippen LogP contribution in [0.2, 0.25) is 0 Å². The molecule has 2 amide bonds. The molecule has 0 aliphatic carbocycles. The van der Waals surface area contributed by atoms with Crippen molar-refractivity contribution in [1.29, 1.82) is 0 Å². The topological polar surface area (TPSA) is 75.4 Å². The highest BCUT2D eigenvalue weighted by Crippen LogP contribution is 2.19. The van der Waals surface area contributed by atoms with E-state index in [0.29, 0.717) is 25.9 Å². The summed E-state index contributed by atoms with van der Waals surface area (Å²) in [4.78, 5) is 26.0. The van der Waals surface area contributed by atoms with Gasteiger partial charge in [0.2, 0.25) is 11.8 Å². The van der Waals surface area contributed by atoms with Gasteiger partial charge >= 0.3 is 0 Å². The lowest BCUT2D eigenvalue weighted by Crippen LogP contribution is -2.57. The van der Waals surface area contributed by atoms with Crippen molar-refractivity contribution in [2.75, 3.05) is 13.1 Å². The van der Waals surface area contributed by atoms with Gasteiger partial charge in [-0.1, -0.05) is 27.7 Å². The molecule has 0 spiro atoms. The number of likely N-dealkylation sites (tertiary alicyclic amines) is 1. The Balaban J connectivity index is 2.50. The highest BCUT2D eigenvalue weighted by Gasteiger charge is 2.35. The lowest BCUT2D eigenvalue weighted by molar-refractivity contribution is -0.138. The molecule has 1 rings (SSSR count). The van der Waals surface area contributed by atoms with Crippen LogP contribution in [0.25, 0.3) is 0 Å². The van der Waals surface area contributed by atoms with Crippen LogP contribution in [0.3, 0.4) is 0 Å². The summed E-state index contributed by atoms with van der Waals surface area (Å²) in [5.74, 6) is 0.146. The van der Waals surface area contributed by atoms with E-state index in [0.717, 1.165) is 12.8 Å². The lowest BCUT2D eigenvalue weighted by Gasteiger charge is -2.38. The molecule has 0 radical (unpaired) electrons. The van der Waals surface area contributed by atoms with Gasteiger partial charge < -0.3 is 16.0 Å². The van der Waals surface area contributed by atoms with E-state index >= 15 is 0 Å². The second-order valence-corrected chi connectivity index (χ2v) is 6.09. The number of nitrogens with zero attached hydrogens (tertiary/aromatic N) is 1. The summed E-state index contributed by atoms with van der Waals surface area (Å²) in [6, 6.07) is 0.185. The maximum Gasteiger partial charge on any atom is 0.242 e. The zero-order valence-corrected chi connectivity index (χ0v) is 13.2. The first-order chi connectivity index (χ1) is 9.34. The molecule has 0 saturated carbocycles. The SMILES string of the molecule is CCC(N)(CC)C(=O)N1CCC(NC(=O)C(C)C)CC1. The Bertz CT molecular complexity index is 343. The number of amides is 2. The monoisotopic (exact) mass is 283 g/mol. The van der Waals surface area contributed by atoms with E-state index in [9.17, 15) is 9.59 Å². The minimum absolute atomic E-state index is 0.00605. The van der Waals surface area contributed by atoms with Gasteiger partial charge in [0, 0.05) is 25.0 Å². The molecule has 20 heavy (non-hydrogen) atoms. The van der Waals surface area contributed by atoms with Gasteiger partial charge in [-0.25, -0.2) is 0 Å². The molecule has 5 nitrogen and oxygen atoms in total.